The molecule has 1 rings (SSSR count). The number of ether oxygens (including phenoxy) is 2. The molecule has 0 amide bonds. The van der Waals surface area contributed by atoms with Crippen LogP contribution in [0.5, 0.6) is 0 Å². The van der Waals surface area contributed by atoms with E-state index in [4.69, 9.17) is 9.47 Å². The van der Waals surface area contributed by atoms with Gasteiger partial charge in [-0.15, -0.1) is 0 Å². The largest absolute Gasteiger partial charge is 0.467 e. The maximum Gasteiger partial charge on any atom is 0.337 e. The first-order valence-electron chi connectivity index (χ1n) is 5.88. The lowest BCUT2D eigenvalue weighted by Crippen LogP contribution is -2.39. The Bertz CT molecular complexity index is 348. The Hall–Kier alpha value is -1.35. The standard InChI is InChI=1S/C14H20O3/c1-4-10-14(2,13(15)16-3)17-11-12-8-6-5-7-9-12/h5-9H,4,10-11H2,1-3H3. The molecule has 0 radical (unpaired) electrons. The second kappa shape index (κ2) is 6.40. The molecule has 0 heterocycles. The van der Waals surface area contributed by atoms with Gasteiger partial charge in [0.2, 0.25) is 0 Å². The average Bonchev–Trinajstić information content (AvgIpc) is 2.37. The number of methoxy groups -OCH3 is 1. The Labute approximate surface area is 103 Å². The Kier molecular flexibility index (Phi) is 5.16. The van der Waals surface area contributed by atoms with Gasteiger partial charge in [0.05, 0.1) is 13.7 Å². The third-order valence-electron chi connectivity index (χ3n) is 2.74. The molecule has 0 aliphatic heterocycles. The van der Waals surface area contributed by atoms with Crippen LogP contribution in [0.15, 0.2) is 30.3 Å². The maximum absolute atomic E-state index is 11.7. The molecule has 0 spiro atoms. The van der Waals surface area contributed by atoms with Crippen molar-refractivity contribution in [3.8, 4) is 0 Å². The van der Waals surface area contributed by atoms with Crippen LogP contribution < -0.4 is 0 Å². The summed E-state index contributed by atoms with van der Waals surface area (Å²) in [6, 6.07) is 9.81. The molecular formula is C14H20O3. The van der Waals surface area contributed by atoms with Crippen LogP contribution in [-0.2, 0) is 20.9 Å². The zero-order valence-corrected chi connectivity index (χ0v) is 10.7. The Morgan fingerprint density at radius 3 is 2.47 bits per heavy atom. The minimum absolute atomic E-state index is 0.310. The van der Waals surface area contributed by atoms with Crippen LogP contribution in [-0.4, -0.2) is 18.7 Å². The van der Waals surface area contributed by atoms with E-state index in [1.165, 1.54) is 7.11 Å². The molecule has 0 N–H and O–H groups in total. The predicted molar refractivity (Wildman–Crippen MR) is 66.6 cm³/mol. The number of esters is 1. The molecule has 17 heavy (non-hydrogen) atoms. The smallest absolute Gasteiger partial charge is 0.337 e. The topological polar surface area (TPSA) is 35.5 Å². The molecule has 1 unspecified atom stereocenters. The lowest BCUT2D eigenvalue weighted by molar-refractivity contribution is -0.170. The van der Waals surface area contributed by atoms with Gasteiger partial charge in [0.1, 0.15) is 0 Å². The van der Waals surface area contributed by atoms with Crippen LogP contribution >= 0.6 is 0 Å². The Balaban J connectivity index is 2.64. The lowest BCUT2D eigenvalue weighted by Gasteiger charge is -2.26. The van der Waals surface area contributed by atoms with Gasteiger partial charge in [-0.25, -0.2) is 4.79 Å². The van der Waals surface area contributed by atoms with Crippen LogP contribution in [0.1, 0.15) is 32.3 Å². The van der Waals surface area contributed by atoms with E-state index in [1.54, 1.807) is 6.92 Å². The van der Waals surface area contributed by atoms with E-state index in [1.807, 2.05) is 37.3 Å². The van der Waals surface area contributed by atoms with Gasteiger partial charge in [0.25, 0.3) is 0 Å². The summed E-state index contributed by atoms with van der Waals surface area (Å²) in [4.78, 5) is 11.7. The number of carbonyl (C=O) groups is 1. The van der Waals surface area contributed by atoms with Gasteiger partial charge < -0.3 is 9.47 Å². The Morgan fingerprint density at radius 2 is 1.94 bits per heavy atom. The van der Waals surface area contributed by atoms with Crippen LogP contribution in [0, 0.1) is 0 Å². The number of carbonyl (C=O) groups excluding carboxylic acids is 1. The molecule has 1 aromatic carbocycles. The van der Waals surface area contributed by atoms with E-state index in [2.05, 4.69) is 0 Å². The first kappa shape index (κ1) is 13.7. The first-order valence-corrected chi connectivity index (χ1v) is 5.88. The molecule has 1 atom stereocenters. The van der Waals surface area contributed by atoms with Gasteiger partial charge in [-0.05, 0) is 18.9 Å². The molecule has 94 valence electrons. The molecule has 0 saturated carbocycles. The fourth-order valence-corrected chi connectivity index (χ4v) is 1.74. The van der Waals surface area contributed by atoms with Crippen molar-refractivity contribution in [3.63, 3.8) is 0 Å². The van der Waals surface area contributed by atoms with Crippen molar-refractivity contribution in [2.75, 3.05) is 7.11 Å². The molecule has 3 nitrogen and oxygen atoms in total. The second-order valence-corrected chi connectivity index (χ2v) is 4.25. The molecule has 0 aromatic heterocycles. The van der Waals surface area contributed by atoms with Crippen LogP contribution in [0.4, 0.5) is 0 Å². The fraction of sp³-hybridized carbons (Fsp3) is 0.500. The van der Waals surface area contributed by atoms with Crippen molar-refractivity contribution in [1.29, 1.82) is 0 Å². The summed E-state index contributed by atoms with van der Waals surface area (Å²) in [5.74, 6) is -0.310. The maximum atomic E-state index is 11.7. The van der Waals surface area contributed by atoms with E-state index in [0.717, 1.165) is 12.0 Å². The highest BCUT2D eigenvalue weighted by Gasteiger charge is 2.34. The second-order valence-electron chi connectivity index (χ2n) is 4.25. The summed E-state index contributed by atoms with van der Waals surface area (Å²) in [5.41, 5.74) is 0.207. The van der Waals surface area contributed by atoms with Crippen molar-refractivity contribution < 1.29 is 14.3 Å². The van der Waals surface area contributed by atoms with Crippen LogP contribution in [0.2, 0.25) is 0 Å². The third-order valence-corrected chi connectivity index (χ3v) is 2.74. The van der Waals surface area contributed by atoms with Gasteiger partial charge in [-0.1, -0.05) is 43.7 Å². The van der Waals surface area contributed by atoms with Gasteiger partial charge in [0.15, 0.2) is 5.60 Å². The van der Waals surface area contributed by atoms with Gasteiger partial charge in [-0.3, -0.25) is 0 Å². The van der Waals surface area contributed by atoms with Crippen molar-refractivity contribution >= 4 is 5.97 Å². The van der Waals surface area contributed by atoms with E-state index < -0.39 is 5.60 Å². The third kappa shape index (κ3) is 3.86. The highest BCUT2D eigenvalue weighted by molar-refractivity contribution is 5.78. The highest BCUT2D eigenvalue weighted by atomic mass is 16.6. The zero-order chi connectivity index (χ0) is 12.7. The molecular weight excluding hydrogens is 216 g/mol. The van der Waals surface area contributed by atoms with Crippen molar-refractivity contribution in [3.05, 3.63) is 35.9 Å². The Morgan fingerprint density at radius 1 is 1.29 bits per heavy atom. The van der Waals surface area contributed by atoms with Crippen molar-refractivity contribution in [1.82, 2.24) is 0 Å². The molecule has 0 fully saturated rings. The van der Waals surface area contributed by atoms with Crippen molar-refractivity contribution in [2.24, 2.45) is 0 Å². The quantitative estimate of drug-likeness (QED) is 0.712. The minimum atomic E-state index is -0.848. The molecule has 0 aliphatic carbocycles. The predicted octanol–water partition coefficient (Wildman–Crippen LogP) is 2.94. The summed E-state index contributed by atoms with van der Waals surface area (Å²) >= 11 is 0. The highest BCUT2D eigenvalue weighted by Crippen LogP contribution is 2.21. The van der Waals surface area contributed by atoms with Crippen LogP contribution in [0.25, 0.3) is 0 Å². The minimum Gasteiger partial charge on any atom is -0.467 e. The fourth-order valence-electron chi connectivity index (χ4n) is 1.74. The number of benzene rings is 1. The number of hydrogen-bond acceptors (Lipinski definition) is 3. The summed E-state index contributed by atoms with van der Waals surface area (Å²) in [6.07, 6.45) is 1.53. The number of hydrogen-bond donors (Lipinski definition) is 0. The summed E-state index contributed by atoms with van der Waals surface area (Å²) in [6.45, 7) is 4.23. The lowest BCUT2D eigenvalue weighted by atomic mass is 10.0. The molecule has 1 aromatic rings. The molecule has 0 aliphatic rings. The normalized spacial score (nSPS) is 14.1. The van der Waals surface area contributed by atoms with Gasteiger partial charge >= 0.3 is 5.97 Å². The summed E-state index contributed by atoms with van der Waals surface area (Å²) in [5, 5.41) is 0. The molecule has 0 bridgehead atoms. The number of rotatable bonds is 6. The van der Waals surface area contributed by atoms with E-state index in [-0.39, 0.29) is 5.97 Å². The molecule has 3 heteroatoms. The van der Waals surface area contributed by atoms with E-state index >= 15 is 0 Å². The zero-order valence-electron chi connectivity index (χ0n) is 10.7. The summed E-state index contributed by atoms with van der Waals surface area (Å²) in [7, 11) is 1.39. The SMILES string of the molecule is CCCC(C)(OCc1ccccc1)C(=O)OC. The van der Waals surface area contributed by atoms with Crippen molar-refractivity contribution in [2.45, 2.75) is 38.9 Å². The van der Waals surface area contributed by atoms with Crippen LogP contribution in [0.3, 0.4) is 0 Å². The monoisotopic (exact) mass is 236 g/mol. The molecule has 0 saturated heterocycles. The first-order chi connectivity index (χ1) is 8.12. The van der Waals surface area contributed by atoms with E-state index in [9.17, 15) is 4.79 Å². The van der Waals surface area contributed by atoms with E-state index in [0.29, 0.717) is 13.0 Å². The average molecular weight is 236 g/mol. The van der Waals surface area contributed by atoms with Gasteiger partial charge in [0, 0.05) is 0 Å². The van der Waals surface area contributed by atoms with Gasteiger partial charge in [-0.2, -0.15) is 0 Å². The summed E-state index contributed by atoms with van der Waals surface area (Å²) < 4.78 is 10.5.